The standard InChI is InChI=1S/C25H26N6O2/c1-2-30-23-21(28-25(30)29-11-5-7-17(26)14-29)13-27-31(24(23)32)15-18-12-20-19-8-4-3-6-16(19)9-10-22(20)33-18/h3-4,6,8-10,12-13,17H,2,5,7,11,14-15,26H2,1H3. The summed E-state index contributed by atoms with van der Waals surface area (Å²) in [5.41, 5.74) is 8.01. The molecular weight excluding hydrogens is 416 g/mol. The highest BCUT2D eigenvalue weighted by molar-refractivity contribution is 6.05. The number of benzene rings is 2. The predicted octanol–water partition coefficient (Wildman–Crippen LogP) is 3.49. The molecule has 1 aliphatic rings. The largest absolute Gasteiger partial charge is 0.459 e. The Morgan fingerprint density at radius 3 is 2.91 bits per heavy atom. The third-order valence-electron chi connectivity index (χ3n) is 6.57. The van der Waals surface area contributed by atoms with E-state index in [0.29, 0.717) is 23.3 Å². The number of aryl methyl sites for hydroxylation is 1. The van der Waals surface area contributed by atoms with Crippen LogP contribution in [0.5, 0.6) is 0 Å². The number of aromatic nitrogens is 4. The molecule has 3 aromatic heterocycles. The number of nitrogens with zero attached hydrogens (tertiary/aromatic N) is 5. The van der Waals surface area contributed by atoms with Crippen molar-refractivity contribution in [1.29, 1.82) is 0 Å². The van der Waals surface area contributed by atoms with Crippen LogP contribution in [0.1, 0.15) is 25.5 Å². The highest BCUT2D eigenvalue weighted by Crippen LogP contribution is 2.28. The number of hydrogen-bond acceptors (Lipinski definition) is 6. The number of anilines is 1. The maximum absolute atomic E-state index is 13.5. The molecule has 33 heavy (non-hydrogen) atoms. The van der Waals surface area contributed by atoms with Crippen molar-refractivity contribution in [3.05, 3.63) is 64.8 Å². The van der Waals surface area contributed by atoms with Gasteiger partial charge in [-0.1, -0.05) is 30.3 Å². The van der Waals surface area contributed by atoms with Crippen molar-refractivity contribution in [3.8, 4) is 0 Å². The SMILES string of the molecule is CCn1c(N2CCCC(N)C2)nc2cnn(Cc3cc4c(ccc5ccccc54)o3)c(=O)c21. The fourth-order valence-corrected chi connectivity index (χ4v) is 4.99. The molecular formula is C25H26N6O2. The summed E-state index contributed by atoms with van der Waals surface area (Å²) < 4.78 is 9.52. The van der Waals surface area contributed by atoms with Crippen LogP contribution in [0.2, 0.25) is 0 Å². The van der Waals surface area contributed by atoms with Gasteiger partial charge in [0, 0.05) is 31.1 Å². The van der Waals surface area contributed by atoms with Crippen LogP contribution in [0.3, 0.4) is 0 Å². The van der Waals surface area contributed by atoms with Gasteiger partial charge < -0.3 is 19.6 Å². The molecule has 5 aromatic rings. The number of rotatable bonds is 4. The number of imidazole rings is 1. The van der Waals surface area contributed by atoms with Crippen LogP contribution < -0.4 is 16.2 Å². The molecule has 1 atom stereocenters. The van der Waals surface area contributed by atoms with E-state index >= 15 is 0 Å². The topological polar surface area (TPSA) is 95.1 Å². The van der Waals surface area contributed by atoms with E-state index in [0.717, 1.165) is 53.6 Å². The Kier molecular flexibility index (Phi) is 4.69. The summed E-state index contributed by atoms with van der Waals surface area (Å²) in [6, 6.07) is 14.4. The first-order valence-electron chi connectivity index (χ1n) is 11.5. The van der Waals surface area contributed by atoms with E-state index in [-0.39, 0.29) is 18.1 Å². The molecule has 168 valence electrons. The number of nitrogens with two attached hydrogens (primary N) is 1. The summed E-state index contributed by atoms with van der Waals surface area (Å²) in [6.45, 7) is 4.58. The summed E-state index contributed by atoms with van der Waals surface area (Å²) in [4.78, 5) is 20.4. The zero-order chi connectivity index (χ0) is 22.5. The van der Waals surface area contributed by atoms with Gasteiger partial charge in [-0.25, -0.2) is 9.67 Å². The van der Waals surface area contributed by atoms with Crippen molar-refractivity contribution in [2.24, 2.45) is 5.73 Å². The van der Waals surface area contributed by atoms with Crippen molar-refractivity contribution in [2.45, 2.75) is 38.9 Å². The molecule has 1 fully saturated rings. The quantitative estimate of drug-likeness (QED) is 0.458. The molecule has 1 saturated heterocycles. The Hall–Kier alpha value is -3.65. The van der Waals surface area contributed by atoms with Crippen molar-refractivity contribution in [3.63, 3.8) is 0 Å². The van der Waals surface area contributed by atoms with E-state index < -0.39 is 0 Å². The molecule has 0 amide bonds. The molecule has 0 radical (unpaired) electrons. The predicted molar refractivity (Wildman–Crippen MR) is 130 cm³/mol. The van der Waals surface area contributed by atoms with Gasteiger partial charge in [-0.3, -0.25) is 4.79 Å². The molecule has 1 aliphatic heterocycles. The van der Waals surface area contributed by atoms with Gasteiger partial charge in [0.2, 0.25) is 5.95 Å². The monoisotopic (exact) mass is 442 g/mol. The highest BCUT2D eigenvalue weighted by Gasteiger charge is 2.24. The molecule has 8 nitrogen and oxygen atoms in total. The fraction of sp³-hybridized carbons (Fsp3) is 0.320. The van der Waals surface area contributed by atoms with Gasteiger partial charge in [0.1, 0.15) is 28.9 Å². The van der Waals surface area contributed by atoms with Crippen LogP contribution in [0.15, 0.2) is 57.9 Å². The summed E-state index contributed by atoms with van der Waals surface area (Å²) in [5.74, 6) is 1.50. The zero-order valence-corrected chi connectivity index (χ0v) is 18.6. The second-order valence-corrected chi connectivity index (χ2v) is 8.76. The number of fused-ring (bicyclic) bond motifs is 4. The van der Waals surface area contributed by atoms with E-state index in [2.05, 4.69) is 28.2 Å². The minimum absolute atomic E-state index is 0.128. The maximum Gasteiger partial charge on any atom is 0.293 e. The lowest BCUT2D eigenvalue weighted by atomic mass is 10.1. The van der Waals surface area contributed by atoms with Gasteiger partial charge in [0.25, 0.3) is 5.56 Å². The Balaban J connectivity index is 1.41. The van der Waals surface area contributed by atoms with Crippen LogP contribution in [0, 0.1) is 0 Å². The summed E-state index contributed by atoms with van der Waals surface area (Å²) in [5, 5.41) is 7.74. The minimum Gasteiger partial charge on any atom is -0.459 e. The molecule has 0 saturated carbocycles. The van der Waals surface area contributed by atoms with Crippen LogP contribution >= 0.6 is 0 Å². The number of furan rings is 1. The Bertz CT molecular complexity index is 1550. The molecule has 0 spiro atoms. The average molecular weight is 443 g/mol. The lowest BCUT2D eigenvalue weighted by molar-refractivity contribution is 0.493. The second-order valence-electron chi connectivity index (χ2n) is 8.76. The van der Waals surface area contributed by atoms with Gasteiger partial charge in [-0.15, -0.1) is 0 Å². The van der Waals surface area contributed by atoms with Gasteiger partial charge in [-0.05, 0) is 42.7 Å². The van der Waals surface area contributed by atoms with Gasteiger partial charge in [0.05, 0.1) is 6.20 Å². The number of piperidine rings is 1. The maximum atomic E-state index is 13.5. The first-order chi connectivity index (χ1) is 16.1. The first kappa shape index (κ1) is 20.0. The van der Waals surface area contributed by atoms with E-state index in [4.69, 9.17) is 15.1 Å². The summed E-state index contributed by atoms with van der Waals surface area (Å²) in [6.07, 6.45) is 3.72. The molecule has 8 heteroatoms. The molecule has 4 heterocycles. The van der Waals surface area contributed by atoms with Crippen LogP contribution in [-0.2, 0) is 13.1 Å². The molecule has 2 aromatic carbocycles. The van der Waals surface area contributed by atoms with E-state index in [1.165, 1.54) is 4.68 Å². The number of hydrogen-bond donors (Lipinski definition) is 1. The van der Waals surface area contributed by atoms with Crippen molar-refractivity contribution >= 4 is 38.7 Å². The first-order valence-corrected chi connectivity index (χ1v) is 11.5. The average Bonchev–Trinajstić information content (AvgIpc) is 3.42. The van der Waals surface area contributed by atoms with Crippen molar-refractivity contribution in [1.82, 2.24) is 19.3 Å². The molecule has 0 bridgehead atoms. The van der Waals surface area contributed by atoms with E-state index in [9.17, 15) is 4.79 Å². The Morgan fingerprint density at radius 1 is 1.18 bits per heavy atom. The Labute approximate surface area is 190 Å². The fourth-order valence-electron chi connectivity index (χ4n) is 4.99. The normalized spacial score (nSPS) is 16.9. The van der Waals surface area contributed by atoms with E-state index in [1.54, 1.807) is 6.20 Å². The van der Waals surface area contributed by atoms with E-state index in [1.807, 2.05) is 35.8 Å². The molecule has 2 N–H and O–H groups in total. The van der Waals surface area contributed by atoms with Crippen LogP contribution in [0.25, 0.3) is 32.8 Å². The summed E-state index contributed by atoms with van der Waals surface area (Å²) in [7, 11) is 0. The molecule has 6 rings (SSSR count). The minimum atomic E-state index is -0.167. The van der Waals surface area contributed by atoms with Crippen LogP contribution in [0.4, 0.5) is 5.95 Å². The smallest absolute Gasteiger partial charge is 0.293 e. The summed E-state index contributed by atoms with van der Waals surface area (Å²) >= 11 is 0. The molecule has 1 unspecified atom stereocenters. The van der Waals surface area contributed by atoms with Gasteiger partial charge in [-0.2, -0.15) is 5.10 Å². The third-order valence-corrected chi connectivity index (χ3v) is 6.57. The Morgan fingerprint density at radius 2 is 2.06 bits per heavy atom. The second kappa shape index (κ2) is 7.74. The van der Waals surface area contributed by atoms with Crippen molar-refractivity contribution in [2.75, 3.05) is 18.0 Å². The van der Waals surface area contributed by atoms with Gasteiger partial charge >= 0.3 is 0 Å². The highest BCUT2D eigenvalue weighted by atomic mass is 16.3. The zero-order valence-electron chi connectivity index (χ0n) is 18.6. The third kappa shape index (κ3) is 3.29. The van der Waals surface area contributed by atoms with Crippen molar-refractivity contribution < 1.29 is 4.42 Å². The van der Waals surface area contributed by atoms with Gasteiger partial charge in [0.15, 0.2) is 0 Å². The lowest BCUT2D eigenvalue weighted by Crippen LogP contribution is -2.44. The molecule has 0 aliphatic carbocycles. The van der Waals surface area contributed by atoms with Crippen LogP contribution in [-0.4, -0.2) is 38.5 Å². The lowest BCUT2D eigenvalue weighted by Gasteiger charge is -2.31.